The molecule has 4 rings (SSSR count). The zero-order valence-electron chi connectivity index (χ0n) is 15.6. The molecule has 2 aromatic carbocycles. The second-order valence-corrected chi connectivity index (χ2v) is 7.69. The van der Waals surface area contributed by atoms with Gasteiger partial charge in [0.05, 0.1) is 5.39 Å². The number of hydrogen-bond acceptors (Lipinski definition) is 4. The van der Waals surface area contributed by atoms with E-state index < -0.39 is 0 Å². The molecule has 28 heavy (non-hydrogen) atoms. The van der Waals surface area contributed by atoms with Gasteiger partial charge in [0.2, 0.25) is 5.91 Å². The summed E-state index contributed by atoms with van der Waals surface area (Å²) < 4.78 is 1.43. The maximum absolute atomic E-state index is 13.0. The number of aryl methyl sites for hydroxylation is 2. The van der Waals surface area contributed by atoms with Crippen LogP contribution in [0.5, 0.6) is 0 Å². The number of carbonyl (C=O) groups is 1. The third-order valence-electron chi connectivity index (χ3n) is 4.50. The number of anilines is 1. The van der Waals surface area contributed by atoms with Crippen LogP contribution < -0.4 is 10.9 Å². The number of fused-ring (bicyclic) bond motifs is 1. The van der Waals surface area contributed by atoms with E-state index in [1.54, 1.807) is 6.92 Å². The van der Waals surface area contributed by atoms with Crippen molar-refractivity contribution in [2.24, 2.45) is 0 Å². The van der Waals surface area contributed by atoms with Gasteiger partial charge in [-0.25, -0.2) is 4.98 Å². The predicted octanol–water partition coefficient (Wildman–Crippen LogP) is 4.38. The van der Waals surface area contributed by atoms with Gasteiger partial charge in [-0.15, -0.1) is 11.3 Å². The van der Waals surface area contributed by atoms with Crippen molar-refractivity contribution in [1.29, 1.82) is 0 Å². The fraction of sp³-hybridized carbons (Fsp3) is 0.136. The average molecular weight is 389 g/mol. The van der Waals surface area contributed by atoms with Gasteiger partial charge < -0.3 is 5.32 Å². The number of nitrogens with zero attached hydrogens (tertiary/aromatic N) is 2. The lowest BCUT2D eigenvalue weighted by atomic mass is 10.2. The van der Waals surface area contributed by atoms with Crippen molar-refractivity contribution in [2.45, 2.75) is 20.4 Å². The Kier molecular flexibility index (Phi) is 4.79. The van der Waals surface area contributed by atoms with Gasteiger partial charge in [-0.05, 0) is 43.2 Å². The number of rotatable bonds is 4. The number of nitrogens with one attached hydrogen (secondary N) is 1. The Bertz CT molecular complexity index is 1230. The van der Waals surface area contributed by atoms with Gasteiger partial charge in [-0.3, -0.25) is 14.2 Å². The molecule has 0 atom stereocenters. The van der Waals surface area contributed by atoms with E-state index in [1.807, 2.05) is 67.6 Å². The average Bonchev–Trinajstić information content (AvgIpc) is 3.10. The molecule has 2 aromatic heterocycles. The van der Waals surface area contributed by atoms with Crippen molar-refractivity contribution in [2.75, 3.05) is 5.32 Å². The number of amides is 1. The third-order valence-corrected chi connectivity index (χ3v) is 5.58. The van der Waals surface area contributed by atoms with E-state index in [9.17, 15) is 9.59 Å². The van der Waals surface area contributed by atoms with Crippen molar-refractivity contribution in [3.8, 4) is 10.4 Å². The molecule has 4 aromatic rings. The molecular formula is C22H19N3O2S. The lowest BCUT2D eigenvalue weighted by Gasteiger charge is -2.10. The smallest absolute Gasteiger partial charge is 0.262 e. The molecular weight excluding hydrogens is 370 g/mol. The molecule has 0 saturated heterocycles. The molecule has 2 heterocycles. The first-order chi connectivity index (χ1) is 13.5. The van der Waals surface area contributed by atoms with Crippen molar-refractivity contribution >= 4 is 33.1 Å². The van der Waals surface area contributed by atoms with E-state index >= 15 is 0 Å². The first-order valence-corrected chi connectivity index (χ1v) is 9.76. The highest BCUT2D eigenvalue weighted by Crippen LogP contribution is 2.30. The minimum Gasteiger partial charge on any atom is -0.325 e. The van der Waals surface area contributed by atoms with Crippen LogP contribution in [0, 0.1) is 13.8 Å². The summed E-state index contributed by atoms with van der Waals surface area (Å²) in [5.74, 6) is 0.272. The van der Waals surface area contributed by atoms with E-state index in [2.05, 4.69) is 10.3 Å². The third kappa shape index (κ3) is 3.59. The molecule has 140 valence electrons. The summed E-state index contributed by atoms with van der Waals surface area (Å²) in [5, 5.41) is 3.38. The highest BCUT2D eigenvalue weighted by Gasteiger charge is 2.15. The maximum Gasteiger partial charge on any atom is 0.262 e. The van der Waals surface area contributed by atoms with E-state index in [0.29, 0.717) is 21.7 Å². The van der Waals surface area contributed by atoms with Gasteiger partial charge in [0.25, 0.3) is 5.56 Å². The monoisotopic (exact) mass is 389 g/mol. The minimum absolute atomic E-state index is 0.0714. The molecule has 0 aliphatic carbocycles. The molecule has 0 unspecified atom stereocenters. The van der Waals surface area contributed by atoms with Crippen molar-refractivity contribution < 1.29 is 4.79 Å². The Morgan fingerprint density at radius 3 is 2.61 bits per heavy atom. The van der Waals surface area contributed by atoms with Crippen LogP contribution in [0.3, 0.4) is 0 Å². The van der Waals surface area contributed by atoms with Crippen LogP contribution in [-0.2, 0) is 11.3 Å². The normalized spacial score (nSPS) is 10.9. The van der Waals surface area contributed by atoms with E-state index in [-0.39, 0.29) is 18.0 Å². The first-order valence-electron chi connectivity index (χ1n) is 8.94. The Morgan fingerprint density at radius 2 is 1.86 bits per heavy atom. The molecule has 0 radical (unpaired) electrons. The second-order valence-electron chi connectivity index (χ2n) is 6.66. The van der Waals surface area contributed by atoms with Crippen LogP contribution >= 0.6 is 11.3 Å². The van der Waals surface area contributed by atoms with Gasteiger partial charge in [-0.1, -0.05) is 42.5 Å². The quantitative estimate of drug-likeness (QED) is 0.563. The molecule has 0 aliphatic rings. The SMILES string of the molecule is Cc1cccc(NC(=O)Cn2c(C)nc3sc(-c4ccccc4)cc3c2=O)c1. The fourth-order valence-corrected chi connectivity index (χ4v) is 4.19. The number of benzene rings is 2. The lowest BCUT2D eigenvalue weighted by Crippen LogP contribution is -2.29. The molecule has 0 spiro atoms. The van der Waals surface area contributed by atoms with Gasteiger partial charge in [-0.2, -0.15) is 0 Å². The predicted molar refractivity (Wildman–Crippen MR) is 114 cm³/mol. The summed E-state index contributed by atoms with van der Waals surface area (Å²) in [7, 11) is 0. The highest BCUT2D eigenvalue weighted by molar-refractivity contribution is 7.21. The first kappa shape index (κ1) is 18.1. The summed E-state index contributed by atoms with van der Waals surface area (Å²) in [6, 6.07) is 19.3. The van der Waals surface area contributed by atoms with Crippen LogP contribution in [0.4, 0.5) is 5.69 Å². The van der Waals surface area contributed by atoms with Crippen molar-refractivity contribution in [1.82, 2.24) is 9.55 Å². The van der Waals surface area contributed by atoms with Gasteiger partial charge in [0.1, 0.15) is 17.2 Å². The zero-order valence-corrected chi connectivity index (χ0v) is 16.4. The maximum atomic E-state index is 13.0. The van der Waals surface area contributed by atoms with E-state index in [1.165, 1.54) is 15.9 Å². The van der Waals surface area contributed by atoms with Crippen LogP contribution in [0.15, 0.2) is 65.5 Å². The van der Waals surface area contributed by atoms with Crippen LogP contribution in [-0.4, -0.2) is 15.5 Å². The second kappa shape index (κ2) is 7.40. The summed E-state index contributed by atoms with van der Waals surface area (Å²) in [6.45, 7) is 3.64. The molecule has 0 fully saturated rings. The molecule has 1 N–H and O–H groups in total. The molecule has 0 aliphatic heterocycles. The van der Waals surface area contributed by atoms with Gasteiger partial charge in [0, 0.05) is 10.6 Å². The van der Waals surface area contributed by atoms with E-state index in [0.717, 1.165) is 16.0 Å². The standard InChI is InChI=1S/C22H19N3O2S/c1-14-7-6-10-17(11-14)24-20(26)13-25-15(2)23-21-18(22(25)27)12-19(28-21)16-8-4-3-5-9-16/h3-12H,13H2,1-2H3,(H,24,26). The Morgan fingerprint density at radius 1 is 1.07 bits per heavy atom. The molecule has 1 amide bonds. The Hall–Kier alpha value is -3.25. The van der Waals surface area contributed by atoms with Gasteiger partial charge in [0.15, 0.2) is 0 Å². The largest absolute Gasteiger partial charge is 0.325 e. The number of aromatic nitrogens is 2. The van der Waals surface area contributed by atoms with Gasteiger partial charge >= 0.3 is 0 Å². The Balaban J connectivity index is 1.65. The summed E-state index contributed by atoms with van der Waals surface area (Å²) in [5.41, 5.74) is 2.62. The van der Waals surface area contributed by atoms with Crippen LogP contribution in [0.1, 0.15) is 11.4 Å². The van der Waals surface area contributed by atoms with E-state index in [4.69, 9.17) is 0 Å². The summed E-state index contributed by atoms with van der Waals surface area (Å²) in [6.07, 6.45) is 0. The van der Waals surface area contributed by atoms with Crippen LogP contribution in [0.25, 0.3) is 20.7 Å². The minimum atomic E-state index is -0.254. The highest BCUT2D eigenvalue weighted by atomic mass is 32.1. The zero-order chi connectivity index (χ0) is 19.7. The fourth-order valence-electron chi connectivity index (χ4n) is 3.12. The number of carbonyl (C=O) groups excluding carboxylic acids is 1. The summed E-state index contributed by atoms with van der Waals surface area (Å²) in [4.78, 5) is 31.7. The number of thiophene rings is 1. The number of hydrogen-bond donors (Lipinski definition) is 1. The molecule has 0 saturated carbocycles. The topological polar surface area (TPSA) is 64.0 Å². The lowest BCUT2D eigenvalue weighted by molar-refractivity contribution is -0.116. The molecule has 0 bridgehead atoms. The van der Waals surface area contributed by atoms with Crippen LogP contribution in [0.2, 0.25) is 0 Å². The van der Waals surface area contributed by atoms with Crippen molar-refractivity contribution in [3.05, 3.63) is 82.4 Å². The molecule has 5 nitrogen and oxygen atoms in total. The summed E-state index contributed by atoms with van der Waals surface area (Å²) >= 11 is 1.49. The molecule has 6 heteroatoms. The Labute approximate surface area is 166 Å². The van der Waals surface area contributed by atoms with Crippen molar-refractivity contribution in [3.63, 3.8) is 0 Å².